The molecule has 2 heterocycles. The van der Waals surface area contributed by atoms with Crippen LogP contribution in [0.3, 0.4) is 0 Å². The molecule has 1 saturated heterocycles. The Hall–Kier alpha value is -3.19. The second-order valence-corrected chi connectivity index (χ2v) is 7.05. The summed E-state index contributed by atoms with van der Waals surface area (Å²) in [5.41, 5.74) is 9.72. The number of nitrogens with two attached hydrogens (primary N) is 1. The van der Waals surface area contributed by atoms with Crippen molar-refractivity contribution in [3.8, 4) is 5.69 Å². The fraction of sp³-hybridized carbons (Fsp3) is 0.286. The quantitative estimate of drug-likeness (QED) is 0.752. The van der Waals surface area contributed by atoms with Crippen LogP contribution in [0.25, 0.3) is 16.7 Å². The summed E-state index contributed by atoms with van der Waals surface area (Å²) in [5.74, 6) is -0.581. The Morgan fingerprint density at radius 1 is 1.25 bits per heavy atom. The highest BCUT2D eigenvalue weighted by Crippen LogP contribution is 2.22. The molecule has 1 unspecified atom stereocenters. The molecule has 1 aromatic heterocycles. The third kappa shape index (κ3) is 3.48. The summed E-state index contributed by atoms with van der Waals surface area (Å²) < 4.78 is 7.42. The number of benzene rings is 2. The van der Waals surface area contributed by atoms with E-state index in [0.29, 0.717) is 25.3 Å². The maximum Gasteiger partial charge on any atom is 0.254 e. The molecule has 3 aromatic rings. The zero-order chi connectivity index (χ0) is 19.7. The SMILES string of the molecule is Cc1cccc(-n2cnc3cc(C(=O)N4CCOCC4CC(N)=O)ccc32)c1. The van der Waals surface area contributed by atoms with Gasteiger partial charge in [-0.25, -0.2) is 4.98 Å². The Bertz CT molecular complexity index is 1040. The van der Waals surface area contributed by atoms with Gasteiger partial charge in [-0.3, -0.25) is 14.2 Å². The molecule has 144 valence electrons. The second kappa shape index (κ2) is 7.44. The lowest BCUT2D eigenvalue weighted by Crippen LogP contribution is -2.50. The van der Waals surface area contributed by atoms with Crippen molar-refractivity contribution < 1.29 is 14.3 Å². The largest absolute Gasteiger partial charge is 0.377 e. The fourth-order valence-corrected chi connectivity index (χ4v) is 3.62. The molecule has 0 saturated carbocycles. The first-order valence-corrected chi connectivity index (χ1v) is 9.24. The number of imidazole rings is 1. The van der Waals surface area contributed by atoms with E-state index >= 15 is 0 Å². The van der Waals surface area contributed by atoms with Crippen LogP contribution in [0.2, 0.25) is 0 Å². The number of aromatic nitrogens is 2. The van der Waals surface area contributed by atoms with Crippen LogP contribution in [-0.2, 0) is 9.53 Å². The average Bonchev–Trinajstić information content (AvgIpc) is 3.10. The van der Waals surface area contributed by atoms with Crippen LogP contribution in [-0.4, -0.2) is 52.1 Å². The minimum absolute atomic E-state index is 0.0932. The van der Waals surface area contributed by atoms with Gasteiger partial charge in [-0.2, -0.15) is 0 Å². The van der Waals surface area contributed by atoms with E-state index in [1.54, 1.807) is 23.4 Å². The summed E-state index contributed by atoms with van der Waals surface area (Å²) >= 11 is 0. The third-order valence-corrected chi connectivity index (χ3v) is 5.00. The average molecular weight is 378 g/mol. The van der Waals surface area contributed by atoms with Gasteiger partial charge in [0.2, 0.25) is 5.91 Å². The number of nitrogens with zero attached hydrogens (tertiary/aromatic N) is 3. The molecule has 1 aliphatic heterocycles. The van der Waals surface area contributed by atoms with Gasteiger partial charge in [-0.1, -0.05) is 12.1 Å². The van der Waals surface area contributed by atoms with Gasteiger partial charge in [-0.15, -0.1) is 0 Å². The molecule has 4 rings (SSSR count). The van der Waals surface area contributed by atoms with Crippen molar-refractivity contribution in [1.29, 1.82) is 0 Å². The Morgan fingerprint density at radius 2 is 2.11 bits per heavy atom. The molecule has 1 fully saturated rings. The van der Waals surface area contributed by atoms with E-state index in [2.05, 4.69) is 11.1 Å². The Labute approximate surface area is 162 Å². The van der Waals surface area contributed by atoms with Crippen molar-refractivity contribution in [2.24, 2.45) is 5.73 Å². The van der Waals surface area contributed by atoms with Gasteiger partial charge in [-0.05, 0) is 42.8 Å². The lowest BCUT2D eigenvalue weighted by molar-refractivity contribution is -0.120. The third-order valence-electron chi connectivity index (χ3n) is 5.00. The number of fused-ring (bicyclic) bond motifs is 1. The van der Waals surface area contributed by atoms with Gasteiger partial charge in [0.15, 0.2) is 0 Å². The molecule has 0 radical (unpaired) electrons. The predicted octanol–water partition coefficient (Wildman–Crippen LogP) is 2.05. The van der Waals surface area contributed by atoms with Crippen molar-refractivity contribution in [3.05, 3.63) is 59.9 Å². The van der Waals surface area contributed by atoms with Crippen LogP contribution in [0.5, 0.6) is 0 Å². The number of carbonyl (C=O) groups is 2. The first kappa shape index (κ1) is 18.2. The molecule has 1 atom stereocenters. The highest BCUT2D eigenvalue weighted by Gasteiger charge is 2.29. The van der Waals surface area contributed by atoms with Crippen molar-refractivity contribution >= 4 is 22.8 Å². The van der Waals surface area contributed by atoms with Crippen LogP contribution >= 0.6 is 0 Å². The van der Waals surface area contributed by atoms with Gasteiger partial charge in [0, 0.05) is 24.2 Å². The number of hydrogen-bond acceptors (Lipinski definition) is 4. The number of ether oxygens (including phenoxy) is 1. The summed E-state index contributed by atoms with van der Waals surface area (Å²) in [6.45, 7) is 3.25. The van der Waals surface area contributed by atoms with Crippen LogP contribution in [0.4, 0.5) is 0 Å². The standard InChI is InChI=1S/C21H22N4O3/c1-14-3-2-4-16(9-14)25-13-23-18-10-15(5-6-19(18)25)21(27)24-7-8-28-12-17(24)11-20(22)26/h2-6,9-10,13,17H,7-8,11-12H2,1H3,(H2,22,26). The predicted molar refractivity (Wildman–Crippen MR) is 105 cm³/mol. The number of amides is 2. The summed E-state index contributed by atoms with van der Waals surface area (Å²) in [7, 11) is 0. The van der Waals surface area contributed by atoms with Crippen molar-refractivity contribution in [2.45, 2.75) is 19.4 Å². The lowest BCUT2D eigenvalue weighted by atomic mass is 10.1. The molecular weight excluding hydrogens is 356 g/mol. The van der Waals surface area contributed by atoms with Crippen molar-refractivity contribution in [2.75, 3.05) is 19.8 Å². The molecule has 0 spiro atoms. The monoisotopic (exact) mass is 378 g/mol. The molecular formula is C21H22N4O3. The number of primary amides is 1. The minimum Gasteiger partial charge on any atom is -0.377 e. The number of hydrogen-bond donors (Lipinski definition) is 1. The zero-order valence-corrected chi connectivity index (χ0v) is 15.7. The number of morpholine rings is 1. The topological polar surface area (TPSA) is 90.4 Å². The lowest BCUT2D eigenvalue weighted by Gasteiger charge is -2.35. The van der Waals surface area contributed by atoms with E-state index in [-0.39, 0.29) is 18.4 Å². The molecule has 7 nitrogen and oxygen atoms in total. The zero-order valence-electron chi connectivity index (χ0n) is 15.7. The van der Waals surface area contributed by atoms with Crippen molar-refractivity contribution in [1.82, 2.24) is 14.5 Å². The molecule has 1 aliphatic rings. The van der Waals surface area contributed by atoms with E-state index in [1.165, 1.54) is 5.56 Å². The van der Waals surface area contributed by atoms with E-state index < -0.39 is 5.91 Å². The fourth-order valence-electron chi connectivity index (χ4n) is 3.62. The smallest absolute Gasteiger partial charge is 0.254 e. The first-order chi connectivity index (χ1) is 13.5. The number of rotatable bonds is 4. The van der Waals surface area contributed by atoms with Crippen LogP contribution in [0.1, 0.15) is 22.3 Å². The Morgan fingerprint density at radius 3 is 2.89 bits per heavy atom. The number of aryl methyl sites for hydroxylation is 1. The maximum atomic E-state index is 13.0. The summed E-state index contributed by atoms with van der Waals surface area (Å²) in [6, 6.07) is 13.3. The highest BCUT2D eigenvalue weighted by molar-refractivity contribution is 5.98. The molecule has 2 aromatic carbocycles. The molecule has 28 heavy (non-hydrogen) atoms. The van der Waals surface area contributed by atoms with Crippen LogP contribution < -0.4 is 5.73 Å². The highest BCUT2D eigenvalue weighted by atomic mass is 16.5. The van der Waals surface area contributed by atoms with Gasteiger partial charge in [0.05, 0.1) is 30.3 Å². The van der Waals surface area contributed by atoms with Crippen LogP contribution in [0, 0.1) is 6.92 Å². The molecule has 0 bridgehead atoms. The number of carbonyl (C=O) groups excluding carboxylic acids is 2. The Kier molecular flexibility index (Phi) is 4.83. The normalized spacial score (nSPS) is 17.0. The summed E-state index contributed by atoms with van der Waals surface area (Å²) in [5, 5.41) is 0. The summed E-state index contributed by atoms with van der Waals surface area (Å²) in [4.78, 5) is 30.5. The van der Waals surface area contributed by atoms with E-state index in [4.69, 9.17) is 10.5 Å². The van der Waals surface area contributed by atoms with Gasteiger partial charge in [0.25, 0.3) is 5.91 Å². The van der Waals surface area contributed by atoms with Gasteiger partial charge >= 0.3 is 0 Å². The first-order valence-electron chi connectivity index (χ1n) is 9.24. The summed E-state index contributed by atoms with van der Waals surface area (Å²) in [6.07, 6.45) is 1.86. The van der Waals surface area contributed by atoms with Crippen molar-refractivity contribution in [3.63, 3.8) is 0 Å². The van der Waals surface area contributed by atoms with E-state index in [0.717, 1.165) is 16.7 Å². The molecule has 2 N–H and O–H groups in total. The molecule has 7 heteroatoms. The molecule has 2 amide bonds. The maximum absolute atomic E-state index is 13.0. The van der Waals surface area contributed by atoms with Crippen LogP contribution in [0.15, 0.2) is 48.8 Å². The van der Waals surface area contributed by atoms with Gasteiger partial charge in [0.1, 0.15) is 6.33 Å². The Balaban J connectivity index is 1.64. The molecule has 0 aliphatic carbocycles. The van der Waals surface area contributed by atoms with Gasteiger partial charge < -0.3 is 15.4 Å². The van der Waals surface area contributed by atoms with E-state index in [9.17, 15) is 9.59 Å². The minimum atomic E-state index is -0.444. The van der Waals surface area contributed by atoms with E-state index in [1.807, 2.05) is 35.8 Å². The second-order valence-electron chi connectivity index (χ2n) is 7.05.